The molecule has 1 aromatic heterocycles. The number of nitrogens with one attached hydrogen (secondary N) is 1. The number of hydrazine groups is 1. The number of nitro groups is 1. The van der Waals surface area contributed by atoms with Crippen LogP contribution in [0.1, 0.15) is 29.8 Å². The van der Waals surface area contributed by atoms with Crippen molar-refractivity contribution in [3.05, 3.63) is 51.6 Å². The van der Waals surface area contributed by atoms with Gasteiger partial charge in [0.1, 0.15) is 5.69 Å². The summed E-state index contributed by atoms with van der Waals surface area (Å²) >= 11 is 0. The van der Waals surface area contributed by atoms with Crippen molar-refractivity contribution in [3.8, 4) is 0 Å². The molecular formula is C14H17N5O2. The van der Waals surface area contributed by atoms with Crippen LogP contribution >= 0.6 is 0 Å². The van der Waals surface area contributed by atoms with Crippen molar-refractivity contribution in [1.82, 2.24) is 9.55 Å². The monoisotopic (exact) mass is 287 g/mol. The highest BCUT2D eigenvalue weighted by molar-refractivity contribution is 5.62. The highest BCUT2D eigenvalue weighted by Gasteiger charge is 2.17. The Labute approximate surface area is 121 Å². The maximum absolute atomic E-state index is 10.9. The Morgan fingerprint density at radius 3 is 2.95 bits per heavy atom. The van der Waals surface area contributed by atoms with Crippen molar-refractivity contribution in [2.24, 2.45) is 5.84 Å². The molecule has 7 nitrogen and oxygen atoms in total. The number of rotatable bonds is 4. The number of aromatic nitrogens is 2. The first kappa shape index (κ1) is 13.6. The minimum atomic E-state index is -0.446. The van der Waals surface area contributed by atoms with Crippen molar-refractivity contribution < 1.29 is 4.92 Å². The molecule has 0 amide bonds. The number of imidazole rings is 1. The molecule has 0 unspecified atom stereocenters. The number of nitro benzene ring substituents is 1. The normalized spacial score (nSPS) is 13.8. The van der Waals surface area contributed by atoms with E-state index in [2.05, 4.69) is 15.0 Å². The first-order chi connectivity index (χ1) is 10.2. The van der Waals surface area contributed by atoms with E-state index in [9.17, 15) is 10.1 Å². The molecular weight excluding hydrogens is 270 g/mol. The third-order valence-corrected chi connectivity index (χ3v) is 3.88. The fourth-order valence-corrected chi connectivity index (χ4v) is 2.82. The highest BCUT2D eigenvalue weighted by Crippen LogP contribution is 2.26. The highest BCUT2D eigenvalue weighted by atomic mass is 16.6. The van der Waals surface area contributed by atoms with Crippen LogP contribution in [0.5, 0.6) is 0 Å². The maximum Gasteiger partial charge on any atom is 0.293 e. The van der Waals surface area contributed by atoms with E-state index < -0.39 is 4.92 Å². The lowest BCUT2D eigenvalue weighted by Crippen LogP contribution is -2.11. The van der Waals surface area contributed by atoms with Crippen LogP contribution < -0.4 is 11.3 Å². The van der Waals surface area contributed by atoms with Gasteiger partial charge in [0, 0.05) is 18.3 Å². The summed E-state index contributed by atoms with van der Waals surface area (Å²) in [5.74, 6) is 5.37. The Morgan fingerprint density at radius 2 is 2.19 bits per heavy atom. The van der Waals surface area contributed by atoms with E-state index in [1.54, 1.807) is 12.1 Å². The van der Waals surface area contributed by atoms with E-state index in [0.717, 1.165) is 18.4 Å². The summed E-state index contributed by atoms with van der Waals surface area (Å²) in [5.41, 5.74) is 6.12. The predicted octanol–water partition coefficient (Wildman–Crippen LogP) is 2.00. The van der Waals surface area contributed by atoms with Gasteiger partial charge in [0.15, 0.2) is 0 Å². The molecule has 21 heavy (non-hydrogen) atoms. The summed E-state index contributed by atoms with van der Waals surface area (Å²) in [6.45, 7) is 0.648. The zero-order valence-corrected chi connectivity index (χ0v) is 11.6. The molecule has 0 saturated carbocycles. The fraction of sp³-hybridized carbons (Fsp3) is 0.357. The van der Waals surface area contributed by atoms with Crippen LogP contribution in [-0.4, -0.2) is 14.5 Å². The van der Waals surface area contributed by atoms with Gasteiger partial charge in [-0.25, -0.2) is 4.98 Å². The number of hydrogen-bond donors (Lipinski definition) is 2. The van der Waals surface area contributed by atoms with Crippen LogP contribution in [0.2, 0.25) is 0 Å². The average Bonchev–Trinajstić information content (AvgIpc) is 2.90. The minimum absolute atomic E-state index is 0.0195. The minimum Gasteiger partial charge on any atom is -0.330 e. The van der Waals surface area contributed by atoms with Gasteiger partial charge in [0.05, 0.1) is 16.9 Å². The molecule has 0 aliphatic heterocycles. The van der Waals surface area contributed by atoms with E-state index in [0.29, 0.717) is 12.2 Å². The van der Waals surface area contributed by atoms with E-state index >= 15 is 0 Å². The fourth-order valence-electron chi connectivity index (χ4n) is 2.82. The lowest BCUT2D eigenvalue weighted by Gasteiger charge is -2.14. The lowest BCUT2D eigenvalue weighted by molar-refractivity contribution is -0.384. The summed E-state index contributed by atoms with van der Waals surface area (Å²) in [6.07, 6.45) is 6.33. The molecule has 3 N–H and O–H groups in total. The Balaban J connectivity index is 1.88. The zero-order chi connectivity index (χ0) is 14.8. The van der Waals surface area contributed by atoms with Gasteiger partial charge in [0.25, 0.3) is 5.69 Å². The Kier molecular flexibility index (Phi) is 3.57. The second-order valence-corrected chi connectivity index (χ2v) is 5.23. The van der Waals surface area contributed by atoms with E-state index in [4.69, 9.17) is 5.84 Å². The zero-order valence-electron chi connectivity index (χ0n) is 11.6. The molecule has 0 fully saturated rings. The number of nitrogens with two attached hydrogens (primary N) is 1. The van der Waals surface area contributed by atoms with Crippen LogP contribution in [0, 0.1) is 10.1 Å². The number of fused-ring (bicyclic) bond motifs is 1. The summed E-state index contributed by atoms with van der Waals surface area (Å²) in [5, 5.41) is 10.9. The summed E-state index contributed by atoms with van der Waals surface area (Å²) in [4.78, 5) is 14.9. The number of nitrogen functional groups attached to an aromatic ring is 1. The number of nitrogens with zero attached hydrogens (tertiary/aromatic N) is 3. The van der Waals surface area contributed by atoms with Crippen molar-refractivity contribution in [1.29, 1.82) is 0 Å². The van der Waals surface area contributed by atoms with E-state index in [-0.39, 0.29) is 5.69 Å². The predicted molar refractivity (Wildman–Crippen MR) is 78.9 cm³/mol. The standard InChI is InChI=1S/C14H17N5O2/c15-17-12-7-10(5-6-14(12)19(20)21)8-18-9-16-11-3-1-2-4-13(11)18/h5-7,9,17H,1-4,8,15H2. The summed E-state index contributed by atoms with van der Waals surface area (Å²) in [7, 11) is 0. The van der Waals surface area contributed by atoms with Crippen LogP contribution in [-0.2, 0) is 19.4 Å². The van der Waals surface area contributed by atoms with Gasteiger partial charge >= 0.3 is 0 Å². The topological polar surface area (TPSA) is 99.0 Å². The molecule has 2 aromatic rings. The van der Waals surface area contributed by atoms with E-state index in [1.807, 2.05) is 6.33 Å². The second-order valence-electron chi connectivity index (χ2n) is 5.23. The van der Waals surface area contributed by atoms with Gasteiger partial charge in [-0.05, 0) is 37.3 Å². The van der Waals surface area contributed by atoms with Crippen LogP contribution in [0.3, 0.4) is 0 Å². The number of benzene rings is 1. The molecule has 1 aromatic carbocycles. The number of aryl methyl sites for hydroxylation is 1. The third kappa shape index (κ3) is 2.59. The Hall–Kier alpha value is -2.41. The van der Waals surface area contributed by atoms with Crippen LogP contribution in [0.4, 0.5) is 11.4 Å². The van der Waals surface area contributed by atoms with Gasteiger partial charge < -0.3 is 9.99 Å². The Morgan fingerprint density at radius 1 is 1.38 bits per heavy atom. The van der Waals surface area contributed by atoms with Crippen molar-refractivity contribution in [3.63, 3.8) is 0 Å². The van der Waals surface area contributed by atoms with Gasteiger partial charge in [-0.15, -0.1) is 0 Å². The maximum atomic E-state index is 10.9. The molecule has 0 atom stereocenters. The number of anilines is 1. The smallest absolute Gasteiger partial charge is 0.293 e. The van der Waals surface area contributed by atoms with Crippen molar-refractivity contribution in [2.45, 2.75) is 32.2 Å². The molecule has 1 aliphatic rings. The summed E-state index contributed by atoms with van der Waals surface area (Å²) in [6, 6.07) is 4.95. The van der Waals surface area contributed by atoms with Gasteiger partial charge in [-0.3, -0.25) is 16.0 Å². The van der Waals surface area contributed by atoms with Crippen LogP contribution in [0.15, 0.2) is 24.5 Å². The second kappa shape index (κ2) is 5.53. The van der Waals surface area contributed by atoms with Crippen LogP contribution in [0.25, 0.3) is 0 Å². The average molecular weight is 287 g/mol. The lowest BCUT2D eigenvalue weighted by atomic mass is 10.0. The molecule has 1 aliphatic carbocycles. The van der Waals surface area contributed by atoms with E-state index in [1.165, 1.54) is 30.3 Å². The van der Waals surface area contributed by atoms with Gasteiger partial charge in [-0.2, -0.15) is 0 Å². The molecule has 1 heterocycles. The first-order valence-corrected chi connectivity index (χ1v) is 6.96. The molecule has 7 heteroatoms. The molecule has 0 radical (unpaired) electrons. The SMILES string of the molecule is NNc1cc(Cn2cnc3c2CCCC3)ccc1[N+](=O)[O-]. The van der Waals surface area contributed by atoms with Gasteiger partial charge in [-0.1, -0.05) is 6.07 Å². The number of hydrogen-bond acceptors (Lipinski definition) is 5. The third-order valence-electron chi connectivity index (χ3n) is 3.88. The molecule has 110 valence electrons. The van der Waals surface area contributed by atoms with Gasteiger partial charge in [0.2, 0.25) is 0 Å². The first-order valence-electron chi connectivity index (χ1n) is 6.96. The molecule has 3 rings (SSSR count). The Bertz CT molecular complexity index is 680. The molecule has 0 spiro atoms. The largest absolute Gasteiger partial charge is 0.330 e. The molecule has 0 saturated heterocycles. The molecule has 0 bridgehead atoms. The van der Waals surface area contributed by atoms with Crippen molar-refractivity contribution in [2.75, 3.05) is 5.43 Å². The quantitative estimate of drug-likeness (QED) is 0.509. The summed E-state index contributed by atoms with van der Waals surface area (Å²) < 4.78 is 2.12. The van der Waals surface area contributed by atoms with Crippen molar-refractivity contribution >= 4 is 11.4 Å².